The minimum absolute atomic E-state index is 0.134. The minimum Gasteiger partial charge on any atom is -0.0622 e. The van der Waals surface area contributed by atoms with Gasteiger partial charge in [0.25, 0.3) is 0 Å². The van der Waals surface area contributed by atoms with Crippen LogP contribution in [0.15, 0.2) is 143 Å². The van der Waals surface area contributed by atoms with Crippen molar-refractivity contribution in [1.29, 1.82) is 0 Å². The molecule has 5 aromatic carbocycles. The van der Waals surface area contributed by atoms with E-state index in [4.69, 9.17) is 0 Å². The molecule has 56 heavy (non-hydrogen) atoms. The molecular formula is C55H64Hf. The molecule has 0 saturated heterocycles. The molecule has 0 atom stereocenters. The Hall–Kier alpha value is -3.68. The zero-order valence-electron chi connectivity index (χ0n) is 35.5. The van der Waals surface area contributed by atoms with Crippen LogP contribution in [0.4, 0.5) is 0 Å². The third-order valence-corrected chi connectivity index (χ3v) is 25.2. The summed E-state index contributed by atoms with van der Waals surface area (Å²) in [5, 5.41) is 0. The molecule has 3 aliphatic rings. The second-order valence-corrected chi connectivity index (χ2v) is 28.2. The van der Waals surface area contributed by atoms with Crippen LogP contribution in [0.5, 0.6) is 0 Å². The smallest absolute Gasteiger partial charge is 0.0238 e. The Balaban J connectivity index is 0.000000288. The quantitative estimate of drug-likeness (QED) is 0.136. The summed E-state index contributed by atoms with van der Waals surface area (Å²) in [7, 11) is 0. The van der Waals surface area contributed by atoms with Crippen molar-refractivity contribution in [3.05, 3.63) is 187 Å². The molecule has 0 spiro atoms. The van der Waals surface area contributed by atoms with Gasteiger partial charge in [0.05, 0.1) is 0 Å². The van der Waals surface area contributed by atoms with Crippen LogP contribution >= 0.6 is 0 Å². The summed E-state index contributed by atoms with van der Waals surface area (Å²) >= 11 is -2.77. The van der Waals surface area contributed by atoms with Crippen molar-refractivity contribution in [2.24, 2.45) is 5.92 Å². The van der Waals surface area contributed by atoms with E-state index in [-0.39, 0.29) is 10.8 Å². The molecular weight excluding hydrogens is 839 g/mol. The molecule has 1 heteroatoms. The summed E-state index contributed by atoms with van der Waals surface area (Å²) in [5.41, 5.74) is 15.3. The first-order chi connectivity index (χ1) is 26.9. The first-order valence-electron chi connectivity index (χ1n) is 21.5. The number of aryl methyl sites for hydroxylation is 2. The number of benzene rings is 5. The number of allylic oxidation sites excluding steroid dienone is 4. The van der Waals surface area contributed by atoms with Crippen molar-refractivity contribution in [3.63, 3.8) is 0 Å². The van der Waals surface area contributed by atoms with Gasteiger partial charge >= 0.3 is 265 Å². The molecule has 0 unspecified atom stereocenters. The van der Waals surface area contributed by atoms with E-state index in [0.717, 1.165) is 25.2 Å². The van der Waals surface area contributed by atoms with E-state index in [1.807, 2.05) is 3.26 Å². The molecule has 0 heterocycles. The van der Waals surface area contributed by atoms with Gasteiger partial charge < -0.3 is 0 Å². The van der Waals surface area contributed by atoms with Crippen LogP contribution in [0.3, 0.4) is 0 Å². The predicted octanol–water partition coefficient (Wildman–Crippen LogP) is 14.8. The number of hydrogen-bond acceptors (Lipinski definition) is 0. The molecule has 0 bridgehead atoms. The van der Waals surface area contributed by atoms with E-state index >= 15 is 0 Å². The molecule has 288 valence electrons. The summed E-state index contributed by atoms with van der Waals surface area (Å²) in [6, 6.07) is 46.2. The maximum atomic E-state index is 2.64. The van der Waals surface area contributed by atoms with Crippen LogP contribution < -0.4 is 0 Å². The van der Waals surface area contributed by atoms with Crippen molar-refractivity contribution in [2.45, 2.75) is 121 Å². The number of rotatable bonds is 8. The molecule has 0 N–H and O–H groups in total. The standard InChI is InChI=1S/C21H25.C15H20.C14H14.C5H5.Hf/c1-20(2,3)16-7-9-18-14(12-16)11-15-13-17(21(4,5)6)8-10-19(15)18;1-12(2)15-9-7-14(8-10-15)11-13-5-3-4-6-13;1-3-7-13(8-4-1)11-12-14-9-5-2-6-10-14;1-2-4-5-3-1;/h7-13H,1-6H3;7-10,12-13H,3-6H2,1-2H3;1-10H,11-12H2;1-3H,4H2;. The summed E-state index contributed by atoms with van der Waals surface area (Å²) in [4.78, 5) is 0. The van der Waals surface area contributed by atoms with Gasteiger partial charge in [-0.2, -0.15) is 0 Å². The van der Waals surface area contributed by atoms with Gasteiger partial charge in [0.15, 0.2) is 0 Å². The fourth-order valence-corrected chi connectivity index (χ4v) is 23.3. The van der Waals surface area contributed by atoms with E-state index in [1.165, 1.54) is 64.6 Å². The molecule has 0 aromatic heterocycles. The Morgan fingerprint density at radius 1 is 0.625 bits per heavy atom. The molecule has 0 nitrogen and oxygen atoms in total. The van der Waals surface area contributed by atoms with Gasteiger partial charge in [-0.1, -0.05) is 60.7 Å². The topological polar surface area (TPSA) is 0 Å². The maximum absolute atomic E-state index is 2.77. The largest absolute Gasteiger partial charge is 0.0622 e. The molecule has 1 saturated carbocycles. The van der Waals surface area contributed by atoms with Crippen molar-refractivity contribution < 1.29 is 21.0 Å². The summed E-state index contributed by atoms with van der Waals surface area (Å²) in [6.45, 7) is 18.9. The molecule has 0 aliphatic heterocycles. The Bertz CT molecular complexity index is 2090. The van der Waals surface area contributed by atoms with Crippen molar-refractivity contribution >= 4 is 3.26 Å². The van der Waals surface area contributed by atoms with E-state index < -0.39 is 21.0 Å². The van der Waals surface area contributed by atoms with Crippen LogP contribution in [-0.2, 0) is 44.6 Å². The van der Waals surface area contributed by atoms with Crippen molar-refractivity contribution in [2.75, 3.05) is 0 Å². The monoisotopic (exact) mass is 904 g/mol. The summed E-state index contributed by atoms with van der Waals surface area (Å²) < 4.78 is 4.26. The van der Waals surface area contributed by atoms with Gasteiger partial charge in [0.2, 0.25) is 0 Å². The van der Waals surface area contributed by atoms with Crippen LogP contribution in [0, 0.1) is 5.92 Å². The second-order valence-electron chi connectivity index (χ2n) is 18.9. The molecule has 3 aliphatic carbocycles. The Morgan fingerprint density at radius 3 is 1.55 bits per heavy atom. The molecule has 8 rings (SSSR count). The molecule has 1 fully saturated rings. The first-order valence-corrected chi connectivity index (χ1v) is 27.1. The Kier molecular flexibility index (Phi) is 12.6. The molecule has 0 radical (unpaired) electrons. The third kappa shape index (κ3) is 9.20. The van der Waals surface area contributed by atoms with E-state index in [2.05, 4.69) is 195 Å². The summed E-state index contributed by atoms with van der Waals surface area (Å²) in [6.07, 6.45) is 16.3. The number of hydrogen-bond donors (Lipinski definition) is 0. The van der Waals surface area contributed by atoms with Crippen LogP contribution in [0.2, 0.25) is 0 Å². The van der Waals surface area contributed by atoms with Gasteiger partial charge in [-0.3, -0.25) is 0 Å². The Morgan fingerprint density at radius 2 is 1.12 bits per heavy atom. The maximum Gasteiger partial charge on any atom is -0.0238 e. The Labute approximate surface area is 347 Å². The van der Waals surface area contributed by atoms with Crippen LogP contribution in [0.1, 0.15) is 142 Å². The van der Waals surface area contributed by atoms with Gasteiger partial charge in [0, 0.05) is 0 Å². The average molecular weight is 904 g/mol. The fraction of sp³-hybridized carbons (Fsp3) is 0.364. The van der Waals surface area contributed by atoms with Crippen LogP contribution in [-0.4, -0.2) is 3.26 Å². The van der Waals surface area contributed by atoms with E-state index in [9.17, 15) is 0 Å². The zero-order valence-corrected chi connectivity index (χ0v) is 39.1. The van der Waals surface area contributed by atoms with Crippen molar-refractivity contribution in [3.8, 4) is 11.1 Å². The minimum atomic E-state index is -2.77. The second kappa shape index (κ2) is 17.4. The predicted molar refractivity (Wildman–Crippen MR) is 240 cm³/mol. The zero-order chi connectivity index (χ0) is 39.5. The van der Waals surface area contributed by atoms with E-state index in [1.54, 1.807) is 20.0 Å². The first kappa shape index (κ1) is 40.5. The van der Waals surface area contributed by atoms with Gasteiger partial charge in [0.1, 0.15) is 0 Å². The number of fused-ring (bicyclic) bond motifs is 3. The summed E-state index contributed by atoms with van der Waals surface area (Å²) in [5.74, 6) is 1.30. The van der Waals surface area contributed by atoms with Gasteiger partial charge in [-0.15, -0.1) is 0 Å². The molecule has 5 aromatic rings. The fourth-order valence-electron chi connectivity index (χ4n) is 9.12. The van der Waals surface area contributed by atoms with E-state index in [0.29, 0.717) is 9.59 Å². The molecule has 0 amide bonds. The normalized spacial score (nSPS) is 16.0. The van der Waals surface area contributed by atoms with Crippen LogP contribution in [0.25, 0.3) is 11.1 Å². The SMILES string of the molecule is CC(C)c1ccc(/[C](C2CCCC2)=[Hf](/[C]2=CC=CC2)[CH]2c3cc(C(C)(C)C)ccc3-c3ccc(C(C)(C)C)cc32)cc1.c1ccc(CCc2ccccc2)cc1. The van der Waals surface area contributed by atoms with Crippen molar-refractivity contribution in [1.82, 2.24) is 0 Å². The van der Waals surface area contributed by atoms with Gasteiger partial charge in [-0.25, -0.2) is 0 Å². The van der Waals surface area contributed by atoms with Gasteiger partial charge in [-0.05, 0) is 24.0 Å². The average Bonchev–Trinajstić information content (AvgIpc) is 3.98. The third-order valence-electron chi connectivity index (χ3n) is 12.5.